The highest BCUT2D eigenvalue weighted by Crippen LogP contribution is 2.46. The molecule has 1 atom stereocenters. The highest BCUT2D eigenvalue weighted by atomic mass is 16.3. The van der Waals surface area contributed by atoms with Gasteiger partial charge >= 0.3 is 0 Å². The van der Waals surface area contributed by atoms with Crippen LogP contribution in [0.4, 0.5) is 0 Å². The molecule has 2 N–H and O–H groups in total. The van der Waals surface area contributed by atoms with Crippen LogP contribution in [0.25, 0.3) is 0 Å². The monoisotopic (exact) mass is 283 g/mol. The van der Waals surface area contributed by atoms with Gasteiger partial charge in [0, 0.05) is 0 Å². The summed E-state index contributed by atoms with van der Waals surface area (Å²) in [5.74, 6) is 0.822. The van der Waals surface area contributed by atoms with E-state index in [1.165, 1.54) is 24.0 Å². The molecule has 1 aliphatic carbocycles. The molecule has 0 saturated carbocycles. The van der Waals surface area contributed by atoms with Crippen LogP contribution in [-0.4, -0.2) is 0 Å². The average molecular weight is 283 g/mol. The molecular formula is C19H25NO. The Labute approximate surface area is 127 Å². The predicted molar refractivity (Wildman–Crippen MR) is 86.5 cm³/mol. The Balaban J connectivity index is 2.08. The fourth-order valence-electron chi connectivity index (χ4n) is 3.43. The van der Waals surface area contributed by atoms with Gasteiger partial charge in [0.2, 0.25) is 0 Å². The molecule has 0 spiro atoms. The van der Waals surface area contributed by atoms with Gasteiger partial charge in [0.15, 0.2) is 0 Å². The van der Waals surface area contributed by atoms with Crippen LogP contribution in [-0.2, 0) is 10.8 Å². The second-order valence-electron chi connectivity index (χ2n) is 7.57. The molecule has 0 bridgehead atoms. The van der Waals surface area contributed by atoms with E-state index in [0.29, 0.717) is 0 Å². The number of hydrogen-bond donors (Lipinski definition) is 1. The fourth-order valence-corrected chi connectivity index (χ4v) is 3.43. The van der Waals surface area contributed by atoms with Crippen LogP contribution in [0.2, 0.25) is 0 Å². The SMILES string of the molecule is CC1(C)CCC(C)(C)c2cc(C(N)c3ccco3)ccc21. The van der Waals surface area contributed by atoms with E-state index in [4.69, 9.17) is 10.2 Å². The number of rotatable bonds is 2. The van der Waals surface area contributed by atoms with Crippen molar-refractivity contribution in [3.63, 3.8) is 0 Å². The third-order valence-corrected chi connectivity index (χ3v) is 5.09. The zero-order chi connectivity index (χ0) is 15.3. The lowest BCUT2D eigenvalue weighted by Crippen LogP contribution is -2.34. The fraction of sp³-hybridized carbons (Fsp3) is 0.474. The van der Waals surface area contributed by atoms with Crippen molar-refractivity contribution in [2.75, 3.05) is 0 Å². The van der Waals surface area contributed by atoms with E-state index in [-0.39, 0.29) is 16.9 Å². The molecule has 0 fully saturated rings. The number of nitrogens with two attached hydrogens (primary N) is 1. The van der Waals surface area contributed by atoms with Gasteiger partial charge in [0.1, 0.15) is 5.76 Å². The van der Waals surface area contributed by atoms with Crippen LogP contribution >= 0.6 is 0 Å². The van der Waals surface area contributed by atoms with Gasteiger partial charge in [0.25, 0.3) is 0 Å². The molecule has 3 rings (SSSR count). The van der Waals surface area contributed by atoms with Gasteiger partial charge in [-0.05, 0) is 52.5 Å². The highest BCUT2D eigenvalue weighted by molar-refractivity contribution is 5.45. The van der Waals surface area contributed by atoms with E-state index in [9.17, 15) is 0 Å². The van der Waals surface area contributed by atoms with Gasteiger partial charge in [-0.25, -0.2) is 0 Å². The molecule has 0 amide bonds. The third-order valence-electron chi connectivity index (χ3n) is 5.09. The summed E-state index contributed by atoms with van der Waals surface area (Å²) >= 11 is 0. The van der Waals surface area contributed by atoms with Crippen LogP contribution in [0.1, 0.15) is 69.0 Å². The molecule has 21 heavy (non-hydrogen) atoms. The van der Waals surface area contributed by atoms with Crippen molar-refractivity contribution in [1.29, 1.82) is 0 Å². The molecular weight excluding hydrogens is 258 g/mol. The van der Waals surface area contributed by atoms with Crippen molar-refractivity contribution in [2.24, 2.45) is 5.73 Å². The first-order chi connectivity index (χ1) is 9.81. The predicted octanol–water partition coefficient (Wildman–Crippen LogP) is 4.68. The summed E-state index contributed by atoms with van der Waals surface area (Å²) in [4.78, 5) is 0. The Bertz CT molecular complexity index is 638. The molecule has 2 nitrogen and oxygen atoms in total. The molecule has 2 heteroatoms. The zero-order valence-electron chi connectivity index (χ0n) is 13.4. The Morgan fingerprint density at radius 1 is 1.00 bits per heavy atom. The van der Waals surface area contributed by atoms with E-state index in [0.717, 1.165) is 11.3 Å². The molecule has 0 radical (unpaired) electrons. The third kappa shape index (κ3) is 2.42. The van der Waals surface area contributed by atoms with E-state index in [1.54, 1.807) is 6.26 Å². The number of furan rings is 1. The minimum Gasteiger partial charge on any atom is -0.467 e. The molecule has 0 aliphatic heterocycles. The quantitative estimate of drug-likeness (QED) is 0.869. The van der Waals surface area contributed by atoms with Gasteiger partial charge in [-0.1, -0.05) is 45.9 Å². The smallest absolute Gasteiger partial charge is 0.124 e. The topological polar surface area (TPSA) is 39.2 Å². The first kappa shape index (κ1) is 14.4. The summed E-state index contributed by atoms with van der Waals surface area (Å²) in [6.07, 6.45) is 4.13. The molecule has 1 aromatic heterocycles. The van der Waals surface area contributed by atoms with Crippen LogP contribution in [0.15, 0.2) is 41.0 Å². The van der Waals surface area contributed by atoms with Crippen LogP contribution < -0.4 is 5.73 Å². The summed E-state index contributed by atoms with van der Waals surface area (Å²) in [5, 5.41) is 0. The van der Waals surface area contributed by atoms with Crippen LogP contribution in [0.5, 0.6) is 0 Å². The minimum absolute atomic E-state index is 0.189. The lowest BCUT2D eigenvalue weighted by atomic mass is 9.63. The summed E-state index contributed by atoms with van der Waals surface area (Å²) in [6.45, 7) is 9.35. The summed E-state index contributed by atoms with van der Waals surface area (Å²) in [7, 11) is 0. The Morgan fingerprint density at radius 2 is 1.67 bits per heavy atom. The number of benzene rings is 1. The second kappa shape index (κ2) is 4.74. The summed E-state index contributed by atoms with van der Waals surface area (Å²) in [5.41, 5.74) is 10.9. The van der Waals surface area contributed by atoms with E-state index in [1.807, 2.05) is 12.1 Å². The molecule has 112 valence electrons. The van der Waals surface area contributed by atoms with Gasteiger partial charge in [-0.3, -0.25) is 0 Å². The summed E-state index contributed by atoms with van der Waals surface area (Å²) in [6, 6.07) is 10.4. The van der Waals surface area contributed by atoms with Crippen molar-refractivity contribution in [3.8, 4) is 0 Å². The van der Waals surface area contributed by atoms with E-state index < -0.39 is 0 Å². The van der Waals surface area contributed by atoms with Gasteiger partial charge < -0.3 is 10.2 Å². The van der Waals surface area contributed by atoms with Gasteiger partial charge in [-0.15, -0.1) is 0 Å². The number of hydrogen-bond acceptors (Lipinski definition) is 2. The first-order valence-electron chi connectivity index (χ1n) is 7.75. The first-order valence-corrected chi connectivity index (χ1v) is 7.75. The molecule has 2 aromatic rings. The Hall–Kier alpha value is -1.54. The van der Waals surface area contributed by atoms with Crippen molar-refractivity contribution >= 4 is 0 Å². The van der Waals surface area contributed by atoms with Crippen LogP contribution in [0, 0.1) is 0 Å². The maximum absolute atomic E-state index is 6.36. The largest absolute Gasteiger partial charge is 0.467 e. The lowest BCUT2D eigenvalue weighted by Gasteiger charge is -2.42. The van der Waals surface area contributed by atoms with Gasteiger partial charge in [-0.2, -0.15) is 0 Å². The van der Waals surface area contributed by atoms with Crippen molar-refractivity contribution in [1.82, 2.24) is 0 Å². The Kier molecular flexibility index (Phi) is 3.25. The zero-order valence-corrected chi connectivity index (χ0v) is 13.4. The Morgan fingerprint density at radius 3 is 2.29 bits per heavy atom. The van der Waals surface area contributed by atoms with Crippen molar-refractivity contribution in [3.05, 3.63) is 59.0 Å². The average Bonchev–Trinajstić information content (AvgIpc) is 2.97. The van der Waals surface area contributed by atoms with E-state index in [2.05, 4.69) is 45.9 Å². The maximum Gasteiger partial charge on any atom is 0.124 e. The van der Waals surface area contributed by atoms with Crippen LogP contribution in [0.3, 0.4) is 0 Å². The van der Waals surface area contributed by atoms with E-state index >= 15 is 0 Å². The molecule has 1 aliphatic rings. The second-order valence-corrected chi connectivity index (χ2v) is 7.57. The normalized spacial score (nSPS) is 20.8. The minimum atomic E-state index is -0.189. The molecule has 1 aromatic carbocycles. The summed E-state index contributed by atoms with van der Waals surface area (Å²) < 4.78 is 5.46. The molecule has 1 unspecified atom stereocenters. The molecule has 0 saturated heterocycles. The van der Waals surface area contributed by atoms with Crippen molar-refractivity contribution in [2.45, 2.75) is 57.4 Å². The lowest BCUT2D eigenvalue weighted by molar-refractivity contribution is 0.331. The van der Waals surface area contributed by atoms with Gasteiger partial charge in [0.05, 0.1) is 12.3 Å². The standard InChI is InChI=1S/C19H25NO/c1-18(2)9-10-19(3,4)15-12-13(7-8-14(15)18)17(20)16-6-5-11-21-16/h5-8,11-12,17H,9-10,20H2,1-4H3. The van der Waals surface area contributed by atoms with Crippen molar-refractivity contribution < 1.29 is 4.42 Å². The number of fused-ring (bicyclic) bond motifs is 1. The highest BCUT2D eigenvalue weighted by Gasteiger charge is 2.37. The molecule has 1 heterocycles. The maximum atomic E-state index is 6.36.